The second kappa shape index (κ2) is 9.14. The first-order chi connectivity index (χ1) is 13.1. The van der Waals surface area contributed by atoms with Crippen LogP contribution >= 0.6 is 23.1 Å². The van der Waals surface area contributed by atoms with Gasteiger partial charge in [0, 0.05) is 24.7 Å². The van der Waals surface area contributed by atoms with E-state index in [1.54, 1.807) is 23.9 Å². The van der Waals surface area contributed by atoms with E-state index in [2.05, 4.69) is 15.5 Å². The fraction of sp³-hybridized carbons (Fsp3) is 0.471. The smallest absolute Gasteiger partial charge is 0.293 e. The summed E-state index contributed by atoms with van der Waals surface area (Å²) in [5, 5.41) is 22.6. The fourth-order valence-corrected chi connectivity index (χ4v) is 4.65. The van der Waals surface area contributed by atoms with Gasteiger partial charge in [-0.3, -0.25) is 20.2 Å². The van der Waals surface area contributed by atoms with Gasteiger partial charge in [0.25, 0.3) is 11.6 Å². The molecule has 0 bridgehead atoms. The van der Waals surface area contributed by atoms with Crippen molar-refractivity contribution in [1.29, 1.82) is 0 Å². The Kier molecular flexibility index (Phi) is 6.62. The highest BCUT2D eigenvalue weighted by Crippen LogP contribution is 2.31. The second-order valence-corrected chi connectivity index (χ2v) is 8.61. The Bertz CT molecular complexity index is 819. The van der Waals surface area contributed by atoms with Crippen LogP contribution in [0.15, 0.2) is 22.5 Å². The van der Waals surface area contributed by atoms with Crippen molar-refractivity contribution in [2.24, 2.45) is 0 Å². The third-order valence-electron chi connectivity index (χ3n) is 4.28. The highest BCUT2D eigenvalue weighted by molar-refractivity contribution is 8.01. The molecule has 8 nitrogen and oxygen atoms in total. The van der Waals surface area contributed by atoms with Crippen molar-refractivity contribution in [3.63, 3.8) is 0 Å². The molecule has 2 aromatic rings. The SMILES string of the molecule is CCSc1nnc(NC(=O)c2ccc(N3CCCCCC3)c([N+](=O)[O-])c2)s1. The molecule has 1 aliphatic rings. The largest absolute Gasteiger partial charge is 0.366 e. The van der Waals surface area contributed by atoms with Gasteiger partial charge in [-0.05, 0) is 30.7 Å². The molecule has 2 heterocycles. The van der Waals surface area contributed by atoms with Gasteiger partial charge in [-0.25, -0.2) is 0 Å². The number of hydrogen-bond donors (Lipinski definition) is 1. The Labute approximate surface area is 165 Å². The fourth-order valence-electron chi connectivity index (χ4n) is 3.00. The monoisotopic (exact) mass is 407 g/mol. The molecule has 1 N–H and O–H groups in total. The molecular formula is C17H21N5O3S2. The zero-order valence-electron chi connectivity index (χ0n) is 15.0. The average molecular weight is 408 g/mol. The van der Waals surface area contributed by atoms with Gasteiger partial charge in [0.05, 0.1) is 4.92 Å². The Hall–Kier alpha value is -2.20. The summed E-state index contributed by atoms with van der Waals surface area (Å²) in [6.07, 6.45) is 4.33. The van der Waals surface area contributed by atoms with E-state index in [1.165, 1.54) is 17.4 Å². The Morgan fingerprint density at radius 3 is 2.70 bits per heavy atom. The van der Waals surface area contributed by atoms with Crippen LogP contribution in [0, 0.1) is 10.1 Å². The number of nitro groups is 1. The van der Waals surface area contributed by atoms with Crippen molar-refractivity contribution in [2.75, 3.05) is 29.1 Å². The van der Waals surface area contributed by atoms with Crippen LogP contribution in [-0.4, -0.2) is 39.9 Å². The van der Waals surface area contributed by atoms with Crippen LogP contribution in [0.1, 0.15) is 43.0 Å². The van der Waals surface area contributed by atoms with E-state index >= 15 is 0 Å². The molecule has 0 atom stereocenters. The molecule has 27 heavy (non-hydrogen) atoms. The Morgan fingerprint density at radius 1 is 1.30 bits per heavy atom. The average Bonchev–Trinajstić information content (AvgIpc) is 2.92. The van der Waals surface area contributed by atoms with Crippen LogP contribution in [0.2, 0.25) is 0 Å². The van der Waals surface area contributed by atoms with Crippen LogP contribution in [0.5, 0.6) is 0 Å². The van der Waals surface area contributed by atoms with Crippen molar-refractivity contribution in [1.82, 2.24) is 10.2 Å². The summed E-state index contributed by atoms with van der Waals surface area (Å²) in [4.78, 5) is 25.7. The first-order valence-corrected chi connectivity index (χ1v) is 10.7. The molecule has 1 saturated heterocycles. The second-order valence-electron chi connectivity index (χ2n) is 6.12. The number of carbonyl (C=O) groups is 1. The van der Waals surface area contributed by atoms with Gasteiger partial charge < -0.3 is 4.90 Å². The number of carbonyl (C=O) groups excluding carboxylic acids is 1. The highest BCUT2D eigenvalue weighted by atomic mass is 32.2. The van der Waals surface area contributed by atoms with E-state index in [9.17, 15) is 14.9 Å². The van der Waals surface area contributed by atoms with Gasteiger partial charge in [-0.2, -0.15) is 0 Å². The number of aromatic nitrogens is 2. The molecular weight excluding hydrogens is 386 g/mol. The summed E-state index contributed by atoms with van der Waals surface area (Å²) in [6, 6.07) is 4.65. The molecule has 0 saturated carbocycles. The van der Waals surface area contributed by atoms with Crippen LogP contribution in [0.25, 0.3) is 0 Å². The number of nitrogens with one attached hydrogen (secondary N) is 1. The number of thioether (sulfide) groups is 1. The molecule has 0 spiro atoms. The zero-order valence-corrected chi connectivity index (χ0v) is 16.6. The highest BCUT2D eigenvalue weighted by Gasteiger charge is 2.23. The number of benzene rings is 1. The molecule has 1 aliphatic heterocycles. The molecule has 0 aliphatic carbocycles. The predicted molar refractivity (Wildman–Crippen MR) is 108 cm³/mol. The molecule has 1 aromatic heterocycles. The van der Waals surface area contributed by atoms with Gasteiger partial charge in [-0.1, -0.05) is 42.9 Å². The van der Waals surface area contributed by atoms with Crippen molar-refractivity contribution in [3.8, 4) is 0 Å². The summed E-state index contributed by atoms with van der Waals surface area (Å²) >= 11 is 2.83. The molecule has 0 unspecified atom stereocenters. The summed E-state index contributed by atoms with van der Waals surface area (Å²) in [6.45, 7) is 3.61. The molecule has 10 heteroatoms. The molecule has 144 valence electrons. The number of nitrogens with zero attached hydrogens (tertiary/aromatic N) is 4. The topological polar surface area (TPSA) is 101 Å². The number of anilines is 2. The van der Waals surface area contributed by atoms with Crippen molar-refractivity contribution >= 4 is 45.5 Å². The first kappa shape index (κ1) is 19.6. The maximum atomic E-state index is 12.5. The van der Waals surface area contributed by atoms with E-state index in [-0.39, 0.29) is 11.3 Å². The summed E-state index contributed by atoms with van der Waals surface area (Å²) in [7, 11) is 0. The van der Waals surface area contributed by atoms with Crippen LogP contribution in [0.4, 0.5) is 16.5 Å². The summed E-state index contributed by atoms with van der Waals surface area (Å²) < 4.78 is 0.773. The Balaban J connectivity index is 1.79. The molecule has 0 radical (unpaired) electrons. The quantitative estimate of drug-likeness (QED) is 0.331. The number of hydrogen-bond acceptors (Lipinski definition) is 8. The maximum Gasteiger partial charge on any atom is 0.293 e. The summed E-state index contributed by atoms with van der Waals surface area (Å²) in [5.41, 5.74) is 0.778. The minimum Gasteiger partial charge on any atom is -0.366 e. The maximum absolute atomic E-state index is 12.5. The summed E-state index contributed by atoms with van der Waals surface area (Å²) in [5.74, 6) is 0.442. The van der Waals surface area contributed by atoms with Crippen LogP contribution < -0.4 is 10.2 Å². The standard InChI is InChI=1S/C17H21N5O3S2/c1-2-26-17-20-19-16(27-17)18-15(23)12-7-8-13(14(11-12)22(24)25)21-9-5-3-4-6-10-21/h7-8,11H,2-6,9-10H2,1H3,(H,18,19,23). The lowest BCUT2D eigenvalue weighted by Crippen LogP contribution is -2.25. The lowest BCUT2D eigenvalue weighted by molar-refractivity contribution is -0.384. The van der Waals surface area contributed by atoms with Crippen molar-refractivity contribution in [3.05, 3.63) is 33.9 Å². The van der Waals surface area contributed by atoms with E-state index in [0.717, 1.165) is 48.9 Å². The van der Waals surface area contributed by atoms with Gasteiger partial charge >= 0.3 is 0 Å². The molecule has 3 rings (SSSR count). The lowest BCUT2D eigenvalue weighted by Gasteiger charge is -2.22. The van der Waals surface area contributed by atoms with Crippen molar-refractivity contribution in [2.45, 2.75) is 36.9 Å². The minimum absolute atomic E-state index is 0.0379. The van der Waals surface area contributed by atoms with Gasteiger partial charge in [-0.15, -0.1) is 10.2 Å². The predicted octanol–water partition coefficient (Wildman–Crippen LogP) is 4.19. The molecule has 1 fully saturated rings. The molecule has 1 aromatic carbocycles. The van der Waals surface area contributed by atoms with E-state index in [1.807, 2.05) is 11.8 Å². The third-order valence-corrected chi connectivity index (χ3v) is 6.13. The van der Waals surface area contributed by atoms with Gasteiger partial charge in [0.15, 0.2) is 4.34 Å². The lowest BCUT2D eigenvalue weighted by atomic mass is 10.1. The van der Waals surface area contributed by atoms with Crippen LogP contribution in [-0.2, 0) is 0 Å². The first-order valence-electron chi connectivity index (χ1n) is 8.89. The third kappa shape index (κ3) is 4.95. The van der Waals surface area contributed by atoms with Gasteiger partial charge in [0.1, 0.15) is 5.69 Å². The number of amides is 1. The number of nitro benzene ring substituents is 1. The zero-order chi connectivity index (χ0) is 19.2. The van der Waals surface area contributed by atoms with Crippen LogP contribution in [0.3, 0.4) is 0 Å². The number of rotatable bonds is 6. The molecule has 1 amide bonds. The van der Waals surface area contributed by atoms with Crippen molar-refractivity contribution < 1.29 is 9.72 Å². The van der Waals surface area contributed by atoms with E-state index in [0.29, 0.717) is 10.8 Å². The van der Waals surface area contributed by atoms with Gasteiger partial charge in [0.2, 0.25) is 5.13 Å². The van der Waals surface area contributed by atoms with E-state index < -0.39 is 10.8 Å². The normalized spacial score (nSPS) is 14.6. The van der Waals surface area contributed by atoms with E-state index in [4.69, 9.17) is 0 Å². The Morgan fingerprint density at radius 2 is 2.04 bits per heavy atom. The minimum atomic E-state index is -0.426.